The molecule has 0 atom stereocenters. The number of carbonyl (C=O) groups excluding carboxylic acids is 1. The Morgan fingerprint density at radius 1 is 1.29 bits per heavy atom. The van der Waals surface area contributed by atoms with Crippen molar-refractivity contribution < 1.29 is 4.79 Å². The maximum absolute atomic E-state index is 10.1. The monoisotopic (exact) mass is 189 g/mol. The highest BCUT2D eigenvalue weighted by Gasteiger charge is 2.15. The summed E-state index contributed by atoms with van der Waals surface area (Å²) < 4.78 is 0. The number of hydrogen-bond donors (Lipinski definition) is 0. The quantitative estimate of drug-likeness (QED) is 0.529. The lowest BCUT2D eigenvalue weighted by molar-refractivity contribution is 0.470. The van der Waals surface area contributed by atoms with Gasteiger partial charge >= 0.3 is 0 Å². The summed E-state index contributed by atoms with van der Waals surface area (Å²) in [4.78, 5) is 13.9. The highest BCUT2D eigenvalue weighted by Crippen LogP contribution is 2.16. The predicted octanol–water partition coefficient (Wildman–Crippen LogP) is 2.73. The van der Waals surface area contributed by atoms with Crippen molar-refractivity contribution in [3.05, 3.63) is 35.9 Å². The van der Waals surface area contributed by atoms with Crippen LogP contribution in [-0.4, -0.2) is 11.6 Å². The number of aliphatic imine (C=N–C) groups is 1. The molecular weight excluding hydrogens is 174 g/mol. The summed E-state index contributed by atoms with van der Waals surface area (Å²) in [6, 6.07) is 10.2. The predicted molar refractivity (Wildman–Crippen MR) is 57.0 cm³/mol. The van der Waals surface area contributed by atoms with E-state index in [2.05, 4.69) is 17.1 Å². The van der Waals surface area contributed by atoms with Crippen LogP contribution in [0.4, 0.5) is 0 Å². The van der Waals surface area contributed by atoms with E-state index in [9.17, 15) is 4.79 Å². The van der Waals surface area contributed by atoms with E-state index in [1.54, 1.807) is 6.08 Å². The largest absolute Gasteiger partial charge is 0.235 e. The van der Waals surface area contributed by atoms with E-state index in [0.717, 1.165) is 12.8 Å². The third-order valence-corrected chi connectivity index (χ3v) is 2.22. The topological polar surface area (TPSA) is 29.4 Å². The summed E-state index contributed by atoms with van der Waals surface area (Å²) in [5.74, 6) is 0. The van der Waals surface area contributed by atoms with Crippen molar-refractivity contribution in [3.8, 4) is 0 Å². The maximum atomic E-state index is 10.1. The second-order valence-electron chi connectivity index (χ2n) is 4.00. The lowest BCUT2D eigenvalue weighted by Gasteiger charge is -2.16. The molecule has 0 amide bonds. The first-order chi connectivity index (χ1) is 6.64. The Hall–Kier alpha value is -1.40. The number of rotatable bonds is 4. The molecule has 0 bridgehead atoms. The first-order valence-electron chi connectivity index (χ1n) is 4.77. The smallest absolute Gasteiger partial charge is 0.211 e. The molecule has 0 aliphatic rings. The van der Waals surface area contributed by atoms with Gasteiger partial charge in [-0.3, -0.25) is 0 Å². The number of aryl methyl sites for hydroxylation is 1. The van der Waals surface area contributed by atoms with Crippen LogP contribution in [0.15, 0.2) is 35.3 Å². The summed E-state index contributed by atoms with van der Waals surface area (Å²) in [6.07, 6.45) is 3.43. The van der Waals surface area contributed by atoms with Gasteiger partial charge in [0.1, 0.15) is 0 Å². The van der Waals surface area contributed by atoms with E-state index >= 15 is 0 Å². The highest BCUT2D eigenvalue weighted by atomic mass is 16.1. The summed E-state index contributed by atoms with van der Waals surface area (Å²) in [5, 5.41) is 0. The van der Waals surface area contributed by atoms with Gasteiger partial charge in [-0.1, -0.05) is 30.3 Å². The Morgan fingerprint density at radius 3 is 2.50 bits per heavy atom. The van der Waals surface area contributed by atoms with Crippen molar-refractivity contribution in [1.29, 1.82) is 0 Å². The molecule has 14 heavy (non-hydrogen) atoms. The molecule has 1 aromatic rings. The fourth-order valence-electron chi connectivity index (χ4n) is 1.27. The lowest BCUT2D eigenvalue weighted by atomic mass is 9.96. The fraction of sp³-hybridized carbons (Fsp3) is 0.417. The number of hydrogen-bond acceptors (Lipinski definition) is 2. The van der Waals surface area contributed by atoms with E-state index in [4.69, 9.17) is 0 Å². The lowest BCUT2D eigenvalue weighted by Crippen LogP contribution is -2.17. The minimum Gasteiger partial charge on any atom is -0.211 e. The number of isocyanates is 1. The van der Waals surface area contributed by atoms with Gasteiger partial charge in [0.25, 0.3) is 0 Å². The van der Waals surface area contributed by atoms with Crippen molar-refractivity contribution in [2.75, 3.05) is 0 Å². The fourth-order valence-corrected chi connectivity index (χ4v) is 1.27. The summed E-state index contributed by atoms with van der Waals surface area (Å²) in [6.45, 7) is 3.89. The molecule has 0 spiro atoms. The zero-order valence-corrected chi connectivity index (χ0v) is 8.66. The molecule has 74 valence electrons. The van der Waals surface area contributed by atoms with Gasteiger partial charge in [0.2, 0.25) is 6.08 Å². The SMILES string of the molecule is CC(C)(CCc1ccccc1)N=C=O. The molecule has 0 aliphatic carbocycles. The number of nitrogens with zero attached hydrogens (tertiary/aromatic N) is 1. The minimum absolute atomic E-state index is 0.294. The molecule has 0 heterocycles. The van der Waals surface area contributed by atoms with Gasteiger partial charge < -0.3 is 0 Å². The average molecular weight is 189 g/mol. The second-order valence-corrected chi connectivity index (χ2v) is 4.00. The van der Waals surface area contributed by atoms with Crippen molar-refractivity contribution >= 4 is 6.08 Å². The van der Waals surface area contributed by atoms with Crippen LogP contribution in [0, 0.1) is 0 Å². The highest BCUT2D eigenvalue weighted by molar-refractivity contribution is 5.34. The van der Waals surface area contributed by atoms with Gasteiger partial charge in [-0.25, -0.2) is 4.79 Å². The minimum atomic E-state index is -0.294. The molecule has 0 fully saturated rings. The van der Waals surface area contributed by atoms with Crippen LogP contribution in [0.1, 0.15) is 25.8 Å². The van der Waals surface area contributed by atoms with Crippen molar-refractivity contribution in [2.24, 2.45) is 4.99 Å². The van der Waals surface area contributed by atoms with Crippen LogP contribution in [0.3, 0.4) is 0 Å². The molecule has 0 unspecified atom stereocenters. The first kappa shape index (κ1) is 10.7. The van der Waals surface area contributed by atoms with E-state index < -0.39 is 0 Å². The van der Waals surface area contributed by atoms with Gasteiger partial charge in [-0.2, -0.15) is 4.99 Å². The Morgan fingerprint density at radius 2 is 1.93 bits per heavy atom. The van der Waals surface area contributed by atoms with Crippen LogP contribution in [-0.2, 0) is 11.2 Å². The maximum Gasteiger partial charge on any atom is 0.235 e. The standard InChI is InChI=1S/C12H15NO/c1-12(2,13-10-14)9-8-11-6-4-3-5-7-11/h3-7H,8-9H2,1-2H3. The van der Waals surface area contributed by atoms with Crippen molar-refractivity contribution in [1.82, 2.24) is 0 Å². The molecule has 1 rings (SSSR count). The third kappa shape index (κ3) is 3.55. The molecule has 0 saturated heterocycles. The van der Waals surface area contributed by atoms with Crippen LogP contribution in [0.2, 0.25) is 0 Å². The van der Waals surface area contributed by atoms with Crippen LogP contribution in [0.25, 0.3) is 0 Å². The van der Waals surface area contributed by atoms with Gasteiger partial charge in [0.05, 0.1) is 5.54 Å². The molecule has 0 aromatic heterocycles. The summed E-state index contributed by atoms with van der Waals surface area (Å²) in [7, 11) is 0. The Balaban J connectivity index is 2.53. The van der Waals surface area contributed by atoms with Crippen LogP contribution in [0.5, 0.6) is 0 Å². The Labute approximate surface area is 84.7 Å². The molecule has 0 radical (unpaired) electrons. The van der Waals surface area contributed by atoms with Crippen molar-refractivity contribution in [2.45, 2.75) is 32.2 Å². The third-order valence-electron chi connectivity index (χ3n) is 2.22. The average Bonchev–Trinajstić information content (AvgIpc) is 2.17. The van der Waals surface area contributed by atoms with Gasteiger partial charge in [0, 0.05) is 0 Å². The summed E-state index contributed by atoms with van der Waals surface area (Å²) >= 11 is 0. The van der Waals surface area contributed by atoms with E-state index in [1.807, 2.05) is 32.0 Å². The molecular formula is C12H15NO. The summed E-state index contributed by atoms with van der Waals surface area (Å²) in [5.41, 5.74) is 0.985. The second kappa shape index (κ2) is 4.73. The molecule has 2 nitrogen and oxygen atoms in total. The number of benzene rings is 1. The van der Waals surface area contributed by atoms with Crippen molar-refractivity contribution in [3.63, 3.8) is 0 Å². The van der Waals surface area contributed by atoms with Crippen LogP contribution >= 0.6 is 0 Å². The van der Waals surface area contributed by atoms with Crippen LogP contribution < -0.4 is 0 Å². The zero-order valence-electron chi connectivity index (χ0n) is 8.66. The molecule has 0 N–H and O–H groups in total. The molecule has 0 saturated carbocycles. The van der Waals surface area contributed by atoms with Gasteiger partial charge in [-0.15, -0.1) is 0 Å². The molecule has 0 aliphatic heterocycles. The zero-order chi connectivity index (χ0) is 10.4. The van der Waals surface area contributed by atoms with Gasteiger partial charge in [-0.05, 0) is 32.3 Å². The van der Waals surface area contributed by atoms with E-state index in [0.29, 0.717) is 0 Å². The van der Waals surface area contributed by atoms with E-state index in [1.165, 1.54) is 5.56 Å². The van der Waals surface area contributed by atoms with E-state index in [-0.39, 0.29) is 5.54 Å². The molecule has 2 heteroatoms. The first-order valence-corrected chi connectivity index (χ1v) is 4.77. The van der Waals surface area contributed by atoms with Gasteiger partial charge in [0.15, 0.2) is 0 Å². The Kier molecular flexibility index (Phi) is 3.61. The molecule has 1 aromatic carbocycles. The Bertz CT molecular complexity index is 323. The normalized spacial score (nSPS) is 10.7.